The lowest BCUT2D eigenvalue weighted by molar-refractivity contribution is -0.125. The van der Waals surface area contributed by atoms with E-state index in [1.54, 1.807) is 0 Å². The number of hydrogen-bond acceptors (Lipinski definition) is 6. The third-order valence-corrected chi connectivity index (χ3v) is 2.59. The van der Waals surface area contributed by atoms with E-state index in [9.17, 15) is 15.0 Å². The van der Waals surface area contributed by atoms with Crippen molar-refractivity contribution in [1.82, 2.24) is 5.32 Å². The Balaban J connectivity index is 2.79. The topological polar surface area (TPSA) is 125 Å². The average molecular weight is 246 g/mol. The molecule has 0 aromatic rings. The summed E-state index contributed by atoms with van der Waals surface area (Å²) >= 11 is 0. The molecule has 0 bridgehead atoms. The Morgan fingerprint density at radius 1 is 1.59 bits per heavy atom. The van der Waals surface area contributed by atoms with E-state index in [1.165, 1.54) is 19.3 Å². The van der Waals surface area contributed by atoms with Crippen LogP contribution in [0.25, 0.3) is 0 Å². The van der Waals surface area contributed by atoms with Gasteiger partial charge in [-0.05, 0) is 6.08 Å². The van der Waals surface area contributed by atoms with Gasteiger partial charge in [0.15, 0.2) is 0 Å². The van der Waals surface area contributed by atoms with Gasteiger partial charge < -0.3 is 31.1 Å². The van der Waals surface area contributed by atoms with Crippen LogP contribution in [0.1, 0.15) is 6.92 Å². The number of nitrogens with one attached hydrogen (secondary N) is 1. The van der Waals surface area contributed by atoms with Crippen LogP contribution < -0.4 is 11.1 Å². The lowest BCUT2D eigenvalue weighted by Crippen LogP contribution is -2.60. The molecule has 0 radical (unpaired) electrons. The number of amides is 1. The van der Waals surface area contributed by atoms with Crippen molar-refractivity contribution >= 4 is 5.91 Å². The molecule has 0 aliphatic carbocycles. The summed E-state index contributed by atoms with van der Waals surface area (Å²) < 4.78 is 5.15. The fourth-order valence-corrected chi connectivity index (χ4v) is 1.68. The molecule has 5 atom stereocenters. The first-order chi connectivity index (χ1) is 7.97. The van der Waals surface area contributed by atoms with Crippen molar-refractivity contribution in [1.29, 1.82) is 0 Å². The molecule has 1 amide bonds. The zero-order valence-electron chi connectivity index (χ0n) is 9.48. The maximum absolute atomic E-state index is 11.0. The second-order valence-electron chi connectivity index (χ2n) is 3.97. The fraction of sp³-hybridized carbons (Fsp3) is 0.700. The number of nitrogens with two attached hydrogens (primary N) is 1. The third-order valence-electron chi connectivity index (χ3n) is 2.59. The van der Waals surface area contributed by atoms with Crippen LogP contribution in [0.3, 0.4) is 0 Å². The predicted molar refractivity (Wildman–Crippen MR) is 58.7 cm³/mol. The van der Waals surface area contributed by atoms with Crippen LogP contribution in [0.15, 0.2) is 12.3 Å². The van der Waals surface area contributed by atoms with Gasteiger partial charge in [0.2, 0.25) is 5.91 Å². The highest BCUT2D eigenvalue weighted by atomic mass is 16.5. The minimum Gasteiger partial charge on any atom is -0.493 e. The molecular weight excluding hydrogens is 228 g/mol. The van der Waals surface area contributed by atoms with Gasteiger partial charge in [0.25, 0.3) is 0 Å². The zero-order chi connectivity index (χ0) is 13.0. The van der Waals surface area contributed by atoms with Gasteiger partial charge in [0, 0.05) is 6.92 Å². The minimum atomic E-state index is -1.35. The molecular formula is C10H18N2O5. The molecule has 0 saturated carbocycles. The van der Waals surface area contributed by atoms with Gasteiger partial charge in [0.1, 0.15) is 18.3 Å². The van der Waals surface area contributed by atoms with Gasteiger partial charge in [-0.3, -0.25) is 4.79 Å². The van der Waals surface area contributed by atoms with Crippen molar-refractivity contribution in [2.75, 3.05) is 6.61 Å². The normalized spacial score (nSPS) is 31.5. The van der Waals surface area contributed by atoms with Crippen LogP contribution in [-0.4, -0.2) is 58.2 Å². The molecule has 1 aliphatic heterocycles. The van der Waals surface area contributed by atoms with E-state index in [-0.39, 0.29) is 5.91 Å². The Morgan fingerprint density at radius 3 is 2.76 bits per heavy atom. The first kappa shape index (κ1) is 13.9. The van der Waals surface area contributed by atoms with E-state index in [4.69, 9.17) is 15.6 Å². The van der Waals surface area contributed by atoms with Gasteiger partial charge in [0.05, 0.1) is 25.0 Å². The zero-order valence-corrected chi connectivity index (χ0v) is 9.48. The van der Waals surface area contributed by atoms with E-state index in [1.807, 2.05) is 0 Å². The van der Waals surface area contributed by atoms with Crippen molar-refractivity contribution in [3.05, 3.63) is 12.3 Å². The molecule has 17 heavy (non-hydrogen) atoms. The van der Waals surface area contributed by atoms with E-state index >= 15 is 0 Å². The standard InChI is InChI=1S/C10H18N2O5/c1-5(14)12-8-6(11)2-3-17-10(8)9(16)7(15)4-13/h2-3,6-10,13,15-16H,4,11H2,1H3,(H,12,14)/t6-,7+,8+,9+,10+/m0/s1. The third kappa shape index (κ3) is 3.40. The molecule has 98 valence electrons. The van der Waals surface area contributed by atoms with Crippen LogP contribution in [0.5, 0.6) is 0 Å². The predicted octanol–water partition coefficient (Wildman–Crippen LogP) is -2.55. The first-order valence-electron chi connectivity index (χ1n) is 5.29. The molecule has 1 aliphatic rings. The Bertz CT molecular complexity index is 296. The summed E-state index contributed by atoms with van der Waals surface area (Å²) in [5.41, 5.74) is 5.76. The van der Waals surface area contributed by atoms with Gasteiger partial charge >= 0.3 is 0 Å². The summed E-state index contributed by atoms with van der Waals surface area (Å²) in [6.45, 7) is 0.712. The van der Waals surface area contributed by atoms with Crippen LogP contribution >= 0.6 is 0 Å². The number of hydrogen-bond donors (Lipinski definition) is 5. The number of rotatable bonds is 4. The largest absolute Gasteiger partial charge is 0.493 e. The van der Waals surface area contributed by atoms with E-state index < -0.39 is 37.0 Å². The maximum atomic E-state index is 11.0. The van der Waals surface area contributed by atoms with Crippen molar-refractivity contribution in [3.8, 4) is 0 Å². The van der Waals surface area contributed by atoms with Gasteiger partial charge in [-0.2, -0.15) is 0 Å². The second kappa shape index (κ2) is 5.97. The first-order valence-corrected chi connectivity index (χ1v) is 5.29. The van der Waals surface area contributed by atoms with Crippen LogP contribution in [0.4, 0.5) is 0 Å². The molecule has 0 fully saturated rings. The second-order valence-corrected chi connectivity index (χ2v) is 3.97. The molecule has 7 nitrogen and oxygen atoms in total. The van der Waals surface area contributed by atoms with Crippen molar-refractivity contribution in [2.45, 2.75) is 37.3 Å². The monoisotopic (exact) mass is 246 g/mol. The van der Waals surface area contributed by atoms with E-state index in [0.29, 0.717) is 0 Å². The number of ether oxygens (including phenoxy) is 1. The molecule has 6 N–H and O–H groups in total. The molecule has 0 saturated heterocycles. The fourth-order valence-electron chi connectivity index (χ4n) is 1.68. The molecule has 0 unspecified atom stereocenters. The molecule has 0 aromatic carbocycles. The van der Waals surface area contributed by atoms with Gasteiger partial charge in [-0.15, -0.1) is 0 Å². The van der Waals surface area contributed by atoms with Crippen LogP contribution in [-0.2, 0) is 9.53 Å². The highest BCUT2D eigenvalue weighted by molar-refractivity contribution is 5.73. The lowest BCUT2D eigenvalue weighted by atomic mass is 9.94. The van der Waals surface area contributed by atoms with Crippen molar-refractivity contribution < 1.29 is 24.9 Å². The molecule has 0 aromatic heterocycles. The Labute approximate surface area is 98.9 Å². The SMILES string of the molecule is CC(=O)N[C@H]1[C@H]([C@H](O)[C@H](O)CO)OC=C[C@@H]1N. The summed E-state index contributed by atoms with van der Waals surface area (Å²) in [5, 5.41) is 30.4. The number of aliphatic hydroxyl groups is 3. The van der Waals surface area contributed by atoms with Gasteiger partial charge in [-0.1, -0.05) is 0 Å². The summed E-state index contributed by atoms with van der Waals surface area (Å²) in [5.74, 6) is -0.319. The van der Waals surface area contributed by atoms with Crippen LogP contribution in [0, 0.1) is 0 Å². The minimum absolute atomic E-state index is 0.319. The summed E-state index contributed by atoms with van der Waals surface area (Å²) in [6.07, 6.45) is -0.750. The molecule has 7 heteroatoms. The Morgan fingerprint density at radius 2 is 2.24 bits per heavy atom. The number of aliphatic hydroxyl groups excluding tert-OH is 3. The molecule has 0 spiro atoms. The summed E-state index contributed by atoms with van der Waals surface area (Å²) in [4.78, 5) is 11.0. The van der Waals surface area contributed by atoms with Crippen LogP contribution in [0.2, 0.25) is 0 Å². The van der Waals surface area contributed by atoms with Gasteiger partial charge in [-0.25, -0.2) is 0 Å². The molecule has 1 heterocycles. The molecule has 1 rings (SSSR count). The average Bonchev–Trinajstić information content (AvgIpc) is 2.29. The highest BCUT2D eigenvalue weighted by Crippen LogP contribution is 2.17. The van der Waals surface area contributed by atoms with Crippen molar-refractivity contribution in [2.24, 2.45) is 5.73 Å². The van der Waals surface area contributed by atoms with E-state index in [2.05, 4.69) is 5.32 Å². The van der Waals surface area contributed by atoms with E-state index in [0.717, 1.165) is 0 Å². The highest BCUT2D eigenvalue weighted by Gasteiger charge is 2.38. The summed E-state index contributed by atoms with van der Waals surface area (Å²) in [7, 11) is 0. The smallest absolute Gasteiger partial charge is 0.217 e. The number of carbonyl (C=O) groups excluding carboxylic acids is 1. The summed E-state index contributed by atoms with van der Waals surface area (Å²) in [6, 6.07) is -1.19. The number of carbonyl (C=O) groups is 1. The lowest BCUT2D eigenvalue weighted by Gasteiger charge is -2.37. The van der Waals surface area contributed by atoms with Crippen molar-refractivity contribution in [3.63, 3.8) is 0 Å². The Kier molecular flexibility index (Phi) is 4.88. The maximum Gasteiger partial charge on any atom is 0.217 e. The quantitative estimate of drug-likeness (QED) is 0.372. The Hall–Kier alpha value is -1.15.